The summed E-state index contributed by atoms with van der Waals surface area (Å²) < 4.78 is 38.9. The van der Waals surface area contributed by atoms with Crippen molar-refractivity contribution in [2.24, 2.45) is 0 Å². The fourth-order valence-electron chi connectivity index (χ4n) is 1.61. The van der Waals surface area contributed by atoms with Gasteiger partial charge in [-0.3, -0.25) is 0 Å². The summed E-state index contributed by atoms with van der Waals surface area (Å²) in [6.07, 6.45) is -8.58. The Balaban J connectivity index is 2.47. The quantitative estimate of drug-likeness (QED) is 0.907. The highest BCUT2D eigenvalue weighted by molar-refractivity contribution is 6.30. The van der Waals surface area contributed by atoms with Crippen molar-refractivity contribution in [3.63, 3.8) is 0 Å². The zero-order chi connectivity index (χ0) is 14.9. The minimum Gasteiger partial charge on any atom is -0.382 e. The Bertz CT molecular complexity index is 641. The molecule has 0 aliphatic heterocycles. The number of nitrogens with zero attached hydrogens (tertiary/aromatic N) is 2. The third kappa shape index (κ3) is 2.70. The minimum absolute atomic E-state index is 0.209. The fraction of sp³-hybridized carbons (Fsp3) is 0.273. The Labute approximate surface area is 115 Å². The van der Waals surface area contributed by atoms with Crippen molar-refractivity contribution in [1.29, 1.82) is 0 Å². The number of hydrogen-bond donors (Lipinski definition) is 2. The van der Waals surface area contributed by atoms with Gasteiger partial charge in [-0.2, -0.15) is 5.10 Å². The lowest BCUT2D eigenvalue weighted by molar-refractivity contribution is -0.0722. The average molecular weight is 308 g/mol. The molecule has 0 saturated carbocycles. The first-order valence-corrected chi connectivity index (χ1v) is 5.82. The lowest BCUT2D eigenvalue weighted by atomic mass is 10.2. The van der Waals surface area contributed by atoms with Gasteiger partial charge in [-0.25, -0.2) is 27.6 Å². The number of aromatic amines is 1. The van der Waals surface area contributed by atoms with Crippen LogP contribution in [0.5, 0.6) is 0 Å². The highest BCUT2D eigenvalue weighted by Crippen LogP contribution is 2.24. The molecule has 5 nitrogen and oxygen atoms in total. The molecule has 1 aromatic carbocycles. The number of aliphatic hydroxyl groups excluding tert-OH is 1. The third-order valence-electron chi connectivity index (χ3n) is 2.59. The molecule has 1 heterocycles. The minimum atomic E-state index is -3.33. The van der Waals surface area contributed by atoms with Crippen LogP contribution in [0, 0.1) is 0 Å². The van der Waals surface area contributed by atoms with Crippen LogP contribution in [-0.2, 0) is 0 Å². The first-order chi connectivity index (χ1) is 9.41. The van der Waals surface area contributed by atoms with Crippen molar-refractivity contribution < 1.29 is 18.3 Å². The van der Waals surface area contributed by atoms with E-state index in [9.17, 15) is 18.0 Å². The van der Waals surface area contributed by atoms with Gasteiger partial charge in [0.1, 0.15) is 0 Å². The predicted molar refractivity (Wildman–Crippen MR) is 65.4 cm³/mol. The van der Waals surface area contributed by atoms with Crippen LogP contribution < -0.4 is 5.69 Å². The molecule has 0 aliphatic carbocycles. The molecule has 2 rings (SSSR count). The van der Waals surface area contributed by atoms with Crippen LogP contribution in [0.1, 0.15) is 6.30 Å². The maximum absolute atomic E-state index is 13.8. The Morgan fingerprint density at radius 3 is 2.40 bits per heavy atom. The maximum atomic E-state index is 13.8. The van der Waals surface area contributed by atoms with Crippen LogP contribution in [0.4, 0.5) is 13.2 Å². The van der Waals surface area contributed by atoms with Gasteiger partial charge in [-0.1, -0.05) is 11.6 Å². The summed E-state index contributed by atoms with van der Waals surface area (Å²) in [7, 11) is 0. The van der Waals surface area contributed by atoms with Crippen LogP contribution in [0.15, 0.2) is 29.1 Å². The number of nitrogens with one attached hydrogen (secondary N) is 1. The number of hydrogen-bond acceptors (Lipinski definition) is 3. The first kappa shape index (κ1) is 14.6. The molecule has 108 valence electrons. The van der Waals surface area contributed by atoms with Crippen LogP contribution >= 0.6 is 11.6 Å². The van der Waals surface area contributed by atoms with E-state index in [-0.39, 0.29) is 11.4 Å². The molecular formula is C11H9ClF3N3O2. The van der Waals surface area contributed by atoms with E-state index in [1.807, 2.05) is 5.10 Å². The van der Waals surface area contributed by atoms with E-state index < -0.39 is 24.5 Å². The number of rotatable bonds is 4. The predicted octanol–water partition coefficient (Wildman–Crippen LogP) is 1.99. The Morgan fingerprint density at radius 1 is 1.25 bits per heavy atom. The Hall–Kier alpha value is -1.80. The maximum Gasteiger partial charge on any atom is 0.346 e. The summed E-state index contributed by atoms with van der Waals surface area (Å²) >= 11 is 5.69. The zero-order valence-corrected chi connectivity index (χ0v) is 10.6. The average Bonchev–Trinajstić information content (AvgIpc) is 2.79. The molecule has 0 aliphatic rings. The first-order valence-electron chi connectivity index (χ1n) is 5.45. The van der Waals surface area contributed by atoms with E-state index in [0.717, 1.165) is 0 Å². The molecule has 0 fully saturated rings. The van der Waals surface area contributed by atoms with Gasteiger partial charge in [-0.15, -0.1) is 0 Å². The molecule has 0 bridgehead atoms. The van der Waals surface area contributed by atoms with Crippen molar-refractivity contribution in [2.45, 2.75) is 18.8 Å². The normalized spacial score (nSPS) is 14.5. The van der Waals surface area contributed by atoms with Crippen LogP contribution in [0.2, 0.25) is 5.02 Å². The number of H-pyrrole nitrogens is 1. The summed E-state index contributed by atoms with van der Waals surface area (Å²) in [6, 6.07) is 5.82. The summed E-state index contributed by atoms with van der Waals surface area (Å²) in [5.41, 5.74) is -0.751. The fourth-order valence-corrected chi connectivity index (χ4v) is 1.73. The van der Waals surface area contributed by atoms with Gasteiger partial charge in [-0.05, 0) is 24.3 Å². The van der Waals surface area contributed by atoms with E-state index >= 15 is 0 Å². The van der Waals surface area contributed by atoms with Gasteiger partial charge in [0.15, 0.2) is 11.9 Å². The molecular weight excluding hydrogens is 299 g/mol. The van der Waals surface area contributed by atoms with E-state index in [1.54, 1.807) is 0 Å². The molecule has 2 N–H and O–H groups in total. The van der Waals surface area contributed by atoms with Crippen LogP contribution in [-0.4, -0.2) is 32.4 Å². The van der Waals surface area contributed by atoms with Gasteiger partial charge >= 0.3 is 5.69 Å². The van der Waals surface area contributed by atoms with Crippen LogP contribution in [0.3, 0.4) is 0 Å². The number of aliphatic hydroxyl groups is 1. The SMILES string of the molecule is O=c1[nH]nc(-c2ccc(Cl)cc2)n1C(F)[C@@H](O)C(F)F. The van der Waals surface area contributed by atoms with E-state index in [0.29, 0.717) is 9.59 Å². The van der Waals surface area contributed by atoms with Crippen molar-refractivity contribution in [3.8, 4) is 11.4 Å². The second-order valence-electron chi connectivity index (χ2n) is 3.93. The molecule has 1 unspecified atom stereocenters. The molecule has 0 spiro atoms. The van der Waals surface area contributed by atoms with Gasteiger partial charge in [0.2, 0.25) is 6.30 Å². The second kappa shape index (κ2) is 5.68. The molecule has 1 aromatic heterocycles. The Kier molecular flexibility index (Phi) is 4.15. The number of halogens is 4. The summed E-state index contributed by atoms with van der Waals surface area (Å²) in [5, 5.41) is 15.0. The Morgan fingerprint density at radius 2 is 1.85 bits per heavy atom. The second-order valence-corrected chi connectivity index (χ2v) is 4.36. The lowest BCUT2D eigenvalue weighted by Crippen LogP contribution is -2.33. The molecule has 0 amide bonds. The molecule has 0 saturated heterocycles. The molecule has 2 aromatic rings. The largest absolute Gasteiger partial charge is 0.382 e. The van der Waals surface area contributed by atoms with Gasteiger partial charge in [0.05, 0.1) is 0 Å². The van der Waals surface area contributed by atoms with Crippen molar-refractivity contribution in [1.82, 2.24) is 14.8 Å². The molecule has 9 heteroatoms. The van der Waals surface area contributed by atoms with Crippen molar-refractivity contribution in [3.05, 3.63) is 39.8 Å². The van der Waals surface area contributed by atoms with E-state index in [2.05, 4.69) is 5.10 Å². The summed E-state index contributed by atoms with van der Waals surface area (Å²) in [4.78, 5) is 11.5. The topological polar surface area (TPSA) is 70.9 Å². The van der Waals surface area contributed by atoms with E-state index in [4.69, 9.17) is 16.7 Å². The van der Waals surface area contributed by atoms with Crippen LogP contribution in [0.25, 0.3) is 11.4 Å². The van der Waals surface area contributed by atoms with Gasteiger partial charge in [0.25, 0.3) is 6.43 Å². The number of benzene rings is 1. The van der Waals surface area contributed by atoms with Crippen molar-refractivity contribution in [2.75, 3.05) is 0 Å². The third-order valence-corrected chi connectivity index (χ3v) is 2.85. The highest BCUT2D eigenvalue weighted by atomic mass is 35.5. The smallest absolute Gasteiger partial charge is 0.346 e. The molecule has 2 atom stereocenters. The molecule has 0 radical (unpaired) electrons. The highest BCUT2D eigenvalue weighted by Gasteiger charge is 2.32. The van der Waals surface area contributed by atoms with E-state index in [1.165, 1.54) is 24.3 Å². The standard InChI is InChI=1S/C11H9ClF3N3O2/c12-6-3-1-5(2-4-6)10-16-17-11(20)18(10)9(15)7(19)8(13)14/h1-4,7-9,19H,(H,17,20)/t7-,9?/m0/s1. The number of alkyl halides is 3. The lowest BCUT2D eigenvalue weighted by Gasteiger charge is -2.16. The van der Waals surface area contributed by atoms with Gasteiger partial charge in [0, 0.05) is 10.6 Å². The zero-order valence-electron chi connectivity index (χ0n) is 9.80. The monoisotopic (exact) mass is 307 g/mol. The summed E-state index contributed by atoms with van der Waals surface area (Å²) in [5.74, 6) is -0.209. The number of aromatic nitrogens is 3. The molecule has 20 heavy (non-hydrogen) atoms. The van der Waals surface area contributed by atoms with Gasteiger partial charge < -0.3 is 5.11 Å². The van der Waals surface area contributed by atoms with Crippen molar-refractivity contribution >= 4 is 11.6 Å². The summed E-state index contributed by atoms with van der Waals surface area (Å²) in [6.45, 7) is 0.